The van der Waals surface area contributed by atoms with Crippen molar-refractivity contribution in [1.29, 1.82) is 5.26 Å². The molecule has 3 heterocycles. The Kier molecular flexibility index (Phi) is 4.72. The first-order valence-corrected chi connectivity index (χ1v) is 8.87. The third-order valence-electron chi connectivity index (χ3n) is 4.91. The highest BCUT2D eigenvalue weighted by Crippen LogP contribution is 2.28. The molecule has 1 unspecified atom stereocenters. The third kappa shape index (κ3) is 3.42. The maximum Gasteiger partial charge on any atom is 0.251 e. The van der Waals surface area contributed by atoms with Crippen LogP contribution in [0.25, 0.3) is 11.4 Å². The highest BCUT2D eigenvalue weighted by atomic mass is 19.1. The summed E-state index contributed by atoms with van der Waals surface area (Å²) < 4.78 is 27.7. The molecule has 8 nitrogen and oxygen atoms in total. The number of amides is 1. The zero-order chi connectivity index (χ0) is 20.5. The van der Waals surface area contributed by atoms with Gasteiger partial charge in [0, 0.05) is 18.0 Å². The van der Waals surface area contributed by atoms with Gasteiger partial charge in [0.05, 0.1) is 12.4 Å². The van der Waals surface area contributed by atoms with Crippen LogP contribution in [-0.2, 0) is 11.2 Å². The van der Waals surface area contributed by atoms with Gasteiger partial charge in [-0.1, -0.05) is 0 Å². The lowest BCUT2D eigenvalue weighted by Gasteiger charge is -2.12. The van der Waals surface area contributed by atoms with E-state index in [2.05, 4.69) is 25.4 Å². The maximum absolute atomic E-state index is 13.8. The molecule has 4 rings (SSSR count). The number of aromatic nitrogens is 5. The SMILES string of the molecule is Cc1cnncc1-c1nc(N2CCC(Cc3cc(F)c(C#N)c(F)c3)C2=O)n[nH]1. The van der Waals surface area contributed by atoms with Crippen LogP contribution in [0.3, 0.4) is 0 Å². The third-order valence-corrected chi connectivity index (χ3v) is 4.91. The van der Waals surface area contributed by atoms with E-state index in [4.69, 9.17) is 5.26 Å². The van der Waals surface area contributed by atoms with Gasteiger partial charge in [0.15, 0.2) is 5.82 Å². The standard InChI is InChI=1S/C19H15F2N7O/c1-10-8-23-24-9-14(10)17-25-19(27-26-17)28-3-2-12(18(28)29)4-11-5-15(20)13(7-22)16(21)6-11/h5-6,8-9,12H,2-4H2,1H3,(H,25,26,27). The average molecular weight is 395 g/mol. The Hall–Kier alpha value is -3.74. The van der Waals surface area contributed by atoms with Crippen molar-refractivity contribution in [3.8, 4) is 17.5 Å². The van der Waals surface area contributed by atoms with E-state index in [9.17, 15) is 13.6 Å². The number of H-pyrrole nitrogens is 1. The quantitative estimate of drug-likeness (QED) is 0.726. The number of nitrogens with one attached hydrogen (secondary N) is 1. The molecule has 0 saturated carbocycles. The first-order valence-electron chi connectivity index (χ1n) is 8.87. The first-order chi connectivity index (χ1) is 14.0. The zero-order valence-electron chi connectivity index (χ0n) is 15.4. The van der Waals surface area contributed by atoms with E-state index in [0.717, 1.165) is 23.3 Å². The molecule has 0 aliphatic carbocycles. The lowest BCUT2D eigenvalue weighted by atomic mass is 9.97. The van der Waals surface area contributed by atoms with E-state index in [1.807, 2.05) is 6.92 Å². The number of aromatic amines is 1. The number of carbonyl (C=O) groups excluding carboxylic acids is 1. The number of rotatable bonds is 4. The molecular weight excluding hydrogens is 380 g/mol. The van der Waals surface area contributed by atoms with Gasteiger partial charge in [-0.25, -0.2) is 8.78 Å². The number of anilines is 1. The minimum absolute atomic E-state index is 0.166. The fraction of sp³-hybridized carbons (Fsp3) is 0.263. The molecule has 29 heavy (non-hydrogen) atoms. The Morgan fingerprint density at radius 1 is 1.28 bits per heavy atom. The number of hydrogen-bond acceptors (Lipinski definition) is 6. The fourth-order valence-electron chi connectivity index (χ4n) is 3.39. The number of nitrogens with zero attached hydrogens (tertiary/aromatic N) is 6. The van der Waals surface area contributed by atoms with Gasteiger partial charge in [-0.3, -0.25) is 14.8 Å². The van der Waals surface area contributed by atoms with Gasteiger partial charge in [0.1, 0.15) is 23.3 Å². The second-order valence-electron chi connectivity index (χ2n) is 6.80. The van der Waals surface area contributed by atoms with Crippen molar-refractivity contribution < 1.29 is 13.6 Å². The van der Waals surface area contributed by atoms with Crippen LogP contribution in [0.15, 0.2) is 24.5 Å². The summed E-state index contributed by atoms with van der Waals surface area (Å²) in [6.07, 6.45) is 3.83. The van der Waals surface area contributed by atoms with E-state index in [0.29, 0.717) is 24.4 Å². The summed E-state index contributed by atoms with van der Waals surface area (Å²) >= 11 is 0. The molecule has 3 aromatic rings. The molecule has 1 aliphatic heterocycles. The number of benzene rings is 1. The van der Waals surface area contributed by atoms with Gasteiger partial charge in [-0.2, -0.15) is 20.4 Å². The molecule has 0 spiro atoms. The highest BCUT2D eigenvalue weighted by Gasteiger charge is 2.35. The summed E-state index contributed by atoms with van der Waals surface area (Å²) in [7, 11) is 0. The van der Waals surface area contributed by atoms with E-state index < -0.39 is 23.1 Å². The normalized spacial score (nSPS) is 16.3. The summed E-state index contributed by atoms with van der Waals surface area (Å²) in [6.45, 7) is 2.26. The molecule has 1 aromatic carbocycles. The molecule has 1 amide bonds. The Bertz CT molecular complexity index is 1110. The van der Waals surface area contributed by atoms with Crippen molar-refractivity contribution in [3.63, 3.8) is 0 Å². The average Bonchev–Trinajstić information content (AvgIpc) is 3.29. The lowest BCUT2D eigenvalue weighted by Crippen LogP contribution is -2.28. The Morgan fingerprint density at radius 3 is 2.69 bits per heavy atom. The fourth-order valence-corrected chi connectivity index (χ4v) is 3.39. The smallest absolute Gasteiger partial charge is 0.251 e. The molecular formula is C19H15F2N7O. The Morgan fingerprint density at radius 2 is 2.00 bits per heavy atom. The summed E-state index contributed by atoms with van der Waals surface area (Å²) in [5, 5.41) is 23.3. The summed E-state index contributed by atoms with van der Waals surface area (Å²) in [5.41, 5.74) is 1.29. The van der Waals surface area contributed by atoms with E-state index in [-0.39, 0.29) is 18.3 Å². The molecule has 0 radical (unpaired) electrons. The number of carbonyl (C=O) groups is 1. The van der Waals surface area contributed by atoms with Crippen molar-refractivity contribution in [2.24, 2.45) is 5.92 Å². The monoisotopic (exact) mass is 395 g/mol. The largest absolute Gasteiger partial charge is 0.279 e. The Labute approximate surface area is 164 Å². The van der Waals surface area contributed by atoms with Crippen LogP contribution in [0, 0.1) is 35.8 Å². The Balaban J connectivity index is 1.52. The van der Waals surface area contributed by atoms with Crippen LogP contribution in [0.5, 0.6) is 0 Å². The predicted molar refractivity (Wildman–Crippen MR) is 97.4 cm³/mol. The van der Waals surface area contributed by atoms with Crippen LogP contribution in [-0.4, -0.2) is 37.8 Å². The van der Waals surface area contributed by atoms with Crippen molar-refractivity contribution in [2.45, 2.75) is 19.8 Å². The van der Waals surface area contributed by atoms with Crippen LogP contribution >= 0.6 is 0 Å². The van der Waals surface area contributed by atoms with Crippen molar-refractivity contribution in [2.75, 3.05) is 11.4 Å². The minimum Gasteiger partial charge on any atom is -0.279 e. The number of aryl methyl sites for hydroxylation is 1. The van der Waals surface area contributed by atoms with Crippen molar-refractivity contribution in [1.82, 2.24) is 25.4 Å². The molecule has 1 aliphatic rings. The minimum atomic E-state index is -0.926. The second-order valence-corrected chi connectivity index (χ2v) is 6.80. The molecule has 1 fully saturated rings. The second kappa shape index (κ2) is 7.35. The van der Waals surface area contributed by atoms with Crippen molar-refractivity contribution >= 4 is 11.9 Å². The molecule has 146 valence electrons. The van der Waals surface area contributed by atoms with Crippen LogP contribution in [0.4, 0.5) is 14.7 Å². The first kappa shape index (κ1) is 18.6. The highest BCUT2D eigenvalue weighted by molar-refractivity contribution is 5.95. The molecule has 2 aromatic heterocycles. The van der Waals surface area contributed by atoms with Gasteiger partial charge in [-0.05, 0) is 43.0 Å². The van der Waals surface area contributed by atoms with Gasteiger partial charge < -0.3 is 0 Å². The van der Waals surface area contributed by atoms with E-state index in [1.165, 1.54) is 11.0 Å². The molecule has 1 saturated heterocycles. The van der Waals surface area contributed by atoms with Gasteiger partial charge >= 0.3 is 0 Å². The maximum atomic E-state index is 13.8. The van der Waals surface area contributed by atoms with Crippen molar-refractivity contribution in [3.05, 3.63) is 52.9 Å². The van der Waals surface area contributed by atoms with E-state index in [1.54, 1.807) is 12.4 Å². The van der Waals surface area contributed by atoms with Crippen LogP contribution in [0.2, 0.25) is 0 Å². The van der Waals surface area contributed by atoms with Gasteiger partial charge in [0.2, 0.25) is 5.91 Å². The predicted octanol–water partition coefficient (Wildman–Crippen LogP) is 2.32. The summed E-state index contributed by atoms with van der Waals surface area (Å²) in [6, 6.07) is 3.69. The summed E-state index contributed by atoms with van der Waals surface area (Å²) in [5.74, 6) is -1.81. The van der Waals surface area contributed by atoms with Crippen LogP contribution < -0.4 is 4.90 Å². The zero-order valence-corrected chi connectivity index (χ0v) is 15.4. The van der Waals surface area contributed by atoms with Gasteiger partial charge in [0.25, 0.3) is 5.95 Å². The topological polar surface area (TPSA) is 111 Å². The number of nitriles is 1. The molecule has 1 atom stereocenters. The van der Waals surface area contributed by atoms with Crippen LogP contribution in [0.1, 0.15) is 23.1 Å². The molecule has 0 bridgehead atoms. The molecule has 1 N–H and O–H groups in total. The van der Waals surface area contributed by atoms with E-state index >= 15 is 0 Å². The number of halogens is 2. The summed E-state index contributed by atoms with van der Waals surface area (Å²) in [4.78, 5) is 18.6. The molecule has 10 heteroatoms. The lowest BCUT2D eigenvalue weighted by molar-refractivity contribution is -0.120. The van der Waals surface area contributed by atoms with Gasteiger partial charge in [-0.15, -0.1) is 5.10 Å². The number of hydrogen-bond donors (Lipinski definition) is 1.